The lowest BCUT2D eigenvalue weighted by atomic mass is 9.95. The molecule has 0 radical (unpaired) electrons. The number of amides is 2. The van der Waals surface area contributed by atoms with Crippen LogP contribution in [0.25, 0.3) is 0 Å². The van der Waals surface area contributed by atoms with Crippen LogP contribution in [-0.2, 0) is 4.79 Å². The van der Waals surface area contributed by atoms with Crippen molar-refractivity contribution >= 4 is 33.4 Å². The van der Waals surface area contributed by atoms with E-state index in [9.17, 15) is 14.0 Å². The van der Waals surface area contributed by atoms with E-state index in [4.69, 9.17) is 4.74 Å². The number of para-hydroxylation sites is 1. The van der Waals surface area contributed by atoms with Gasteiger partial charge in [-0.25, -0.2) is 4.39 Å². The van der Waals surface area contributed by atoms with Crippen molar-refractivity contribution < 1.29 is 18.7 Å². The Balaban J connectivity index is 1.89. The van der Waals surface area contributed by atoms with Gasteiger partial charge in [0.25, 0.3) is 5.91 Å². The number of nitrogens with one attached hydrogen (secondary N) is 1. The van der Waals surface area contributed by atoms with Crippen molar-refractivity contribution in [3.63, 3.8) is 0 Å². The molecule has 0 fully saturated rings. The Bertz CT molecular complexity index is 1130. The van der Waals surface area contributed by atoms with Crippen LogP contribution in [0, 0.1) is 5.82 Å². The van der Waals surface area contributed by atoms with Gasteiger partial charge in [0.1, 0.15) is 18.1 Å². The van der Waals surface area contributed by atoms with Crippen LogP contribution < -0.4 is 10.1 Å². The first-order valence-electron chi connectivity index (χ1n) is 9.85. The van der Waals surface area contributed by atoms with E-state index in [1.807, 2.05) is 19.1 Å². The van der Waals surface area contributed by atoms with Gasteiger partial charge in [0.15, 0.2) is 0 Å². The Kier molecular flexibility index (Phi) is 6.04. The van der Waals surface area contributed by atoms with E-state index in [2.05, 4.69) is 21.2 Å². The summed E-state index contributed by atoms with van der Waals surface area (Å²) in [6.45, 7) is 2.09. The molecule has 0 unspecified atom stereocenters. The quantitative estimate of drug-likeness (QED) is 0.557. The van der Waals surface area contributed by atoms with Gasteiger partial charge in [-0.1, -0.05) is 40.2 Å². The van der Waals surface area contributed by atoms with Gasteiger partial charge in [0.05, 0.1) is 18.2 Å². The number of anilines is 1. The van der Waals surface area contributed by atoms with Gasteiger partial charge >= 0.3 is 0 Å². The number of ether oxygens (including phenoxy) is 1. The zero-order valence-corrected chi connectivity index (χ0v) is 18.4. The predicted octanol–water partition coefficient (Wildman–Crippen LogP) is 5.17. The number of benzene rings is 3. The SMILES string of the molecule is CCOc1ccccc1C(=O)N1CC(=O)Nc2ccc(Br)cc2[C@H]1c1ccc(F)cc1. The van der Waals surface area contributed by atoms with Gasteiger partial charge in [0, 0.05) is 15.7 Å². The van der Waals surface area contributed by atoms with Gasteiger partial charge in [-0.05, 0) is 55.0 Å². The molecule has 1 aliphatic rings. The summed E-state index contributed by atoms with van der Waals surface area (Å²) >= 11 is 3.48. The lowest BCUT2D eigenvalue weighted by molar-refractivity contribution is -0.117. The van der Waals surface area contributed by atoms with Gasteiger partial charge in [0.2, 0.25) is 5.91 Å². The van der Waals surface area contributed by atoms with Crippen LogP contribution in [0.5, 0.6) is 5.75 Å². The molecule has 3 aromatic carbocycles. The number of halogens is 2. The first kappa shape index (κ1) is 21.1. The van der Waals surface area contributed by atoms with Gasteiger partial charge in [-0.2, -0.15) is 0 Å². The average Bonchev–Trinajstić information content (AvgIpc) is 2.90. The lowest BCUT2D eigenvalue weighted by Gasteiger charge is -2.31. The molecule has 31 heavy (non-hydrogen) atoms. The standard InChI is InChI=1S/C24H20BrFN2O3/c1-2-31-21-6-4-3-5-18(21)24(30)28-14-22(29)27-20-12-9-16(25)13-19(20)23(28)15-7-10-17(26)11-8-15/h3-13,23H,2,14H2,1H3,(H,27,29)/t23-/m1/s1. The summed E-state index contributed by atoms with van der Waals surface area (Å²) in [6.07, 6.45) is 0. The summed E-state index contributed by atoms with van der Waals surface area (Å²) in [4.78, 5) is 27.9. The molecule has 0 aliphatic carbocycles. The Labute approximate surface area is 188 Å². The first-order chi connectivity index (χ1) is 15.0. The third kappa shape index (κ3) is 4.32. The second-order valence-corrected chi connectivity index (χ2v) is 8.01. The predicted molar refractivity (Wildman–Crippen MR) is 120 cm³/mol. The van der Waals surface area contributed by atoms with E-state index in [-0.39, 0.29) is 24.2 Å². The minimum atomic E-state index is -0.603. The summed E-state index contributed by atoms with van der Waals surface area (Å²) < 4.78 is 20.1. The van der Waals surface area contributed by atoms with Crippen molar-refractivity contribution in [2.24, 2.45) is 0 Å². The molecule has 158 valence electrons. The van der Waals surface area contributed by atoms with E-state index < -0.39 is 6.04 Å². The zero-order chi connectivity index (χ0) is 22.0. The molecule has 0 saturated heterocycles. The van der Waals surface area contributed by atoms with E-state index >= 15 is 0 Å². The van der Waals surface area contributed by atoms with E-state index in [1.165, 1.54) is 17.0 Å². The molecule has 0 saturated carbocycles. The first-order valence-corrected chi connectivity index (χ1v) is 10.6. The molecule has 1 N–H and O–H groups in total. The van der Waals surface area contributed by atoms with Crippen LogP contribution >= 0.6 is 15.9 Å². The maximum atomic E-state index is 13.7. The molecule has 2 amide bonds. The normalized spacial score (nSPS) is 15.6. The highest BCUT2D eigenvalue weighted by atomic mass is 79.9. The minimum absolute atomic E-state index is 0.159. The molecule has 3 aromatic rings. The third-order valence-corrected chi connectivity index (χ3v) is 5.57. The number of hydrogen-bond donors (Lipinski definition) is 1. The van der Waals surface area contributed by atoms with Crippen LogP contribution in [0.3, 0.4) is 0 Å². The summed E-state index contributed by atoms with van der Waals surface area (Å²) in [5.74, 6) is -0.579. The zero-order valence-electron chi connectivity index (χ0n) is 16.8. The van der Waals surface area contributed by atoms with Crippen molar-refractivity contribution in [3.05, 3.63) is 93.7 Å². The third-order valence-electron chi connectivity index (χ3n) is 5.07. The van der Waals surface area contributed by atoms with Crippen LogP contribution in [0.2, 0.25) is 0 Å². The Hall–Kier alpha value is -3.19. The van der Waals surface area contributed by atoms with Gasteiger partial charge in [-0.3, -0.25) is 9.59 Å². The fraction of sp³-hybridized carbons (Fsp3) is 0.167. The molecular weight excluding hydrogens is 463 g/mol. The van der Waals surface area contributed by atoms with Crippen molar-refractivity contribution in [2.45, 2.75) is 13.0 Å². The number of carbonyl (C=O) groups excluding carboxylic acids is 2. The highest BCUT2D eigenvalue weighted by Crippen LogP contribution is 2.38. The van der Waals surface area contributed by atoms with E-state index in [0.717, 1.165) is 10.0 Å². The number of rotatable bonds is 4. The highest BCUT2D eigenvalue weighted by Gasteiger charge is 2.35. The van der Waals surface area contributed by atoms with Gasteiger partial charge < -0.3 is 15.0 Å². The average molecular weight is 483 g/mol. The molecule has 5 nitrogen and oxygen atoms in total. The second-order valence-electron chi connectivity index (χ2n) is 7.10. The minimum Gasteiger partial charge on any atom is -0.493 e. The molecule has 1 atom stereocenters. The van der Waals surface area contributed by atoms with E-state index in [1.54, 1.807) is 42.5 Å². The maximum absolute atomic E-state index is 13.7. The molecule has 0 spiro atoms. The molecule has 1 aliphatic heterocycles. The van der Waals surface area contributed by atoms with Gasteiger partial charge in [-0.15, -0.1) is 0 Å². The largest absolute Gasteiger partial charge is 0.493 e. The van der Waals surface area contributed by atoms with Crippen LogP contribution in [0.15, 0.2) is 71.2 Å². The Morgan fingerprint density at radius 1 is 1.16 bits per heavy atom. The Morgan fingerprint density at radius 2 is 1.90 bits per heavy atom. The van der Waals surface area contributed by atoms with E-state index in [0.29, 0.717) is 29.2 Å². The number of carbonyl (C=O) groups is 2. The smallest absolute Gasteiger partial charge is 0.258 e. The topological polar surface area (TPSA) is 58.6 Å². The summed E-state index contributed by atoms with van der Waals surface area (Å²) in [5, 5.41) is 2.88. The lowest BCUT2D eigenvalue weighted by Crippen LogP contribution is -2.39. The number of hydrogen-bond acceptors (Lipinski definition) is 3. The van der Waals surface area contributed by atoms with Crippen molar-refractivity contribution in [1.82, 2.24) is 4.90 Å². The van der Waals surface area contributed by atoms with Crippen LogP contribution in [0.1, 0.15) is 34.5 Å². The molecule has 4 rings (SSSR count). The summed E-state index contributed by atoms with van der Waals surface area (Å²) in [5.41, 5.74) is 2.40. The van der Waals surface area contributed by atoms with Crippen molar-refractivity contribution in [3.8, 4) is 5.75 Å². The summed E-state index contributed by atoms with van der Waals surface area (Å²) in [6, 6.07) is 17.8. The molecule has 1 heterocycles. The summed E-state index contributed by atoms with van der Waals surface area (Å²) in [7, 11) is 0. The van der Waals surface area contributed by atoms with Crippen LogP contribution in [0.4, 0.5) is 10.1 Å². The molecule has 7 heteroatoms. The van der Waals surface area contributed by atoms with Crippen molar-refractivity contribution in [2.75, 3.05) is 18.5 Å². The fourth-order valence-corrected chi connectivity index (χ4v) is 4.13. The highest BCUT2D eigenvalue weighted by molar-refractivity contribution is 9.10. The van der Waals surface area contributed by atoms with Crippen molar-refractivity contribution in [1.29, 1.82) is 0 Å². The fourth-order valence-electron chi connectivity index (χ4n) is 3.75. The molecule has 0 bridgehead atoms. The maximum Gasteiger partial charge on any atom is 0.258 e. The Morgan fingerprint density at radius 3 is 2.65 bits per heavy atom. The monoisotopic (exact) mass is 482 g/mol. The number of fused-ring (bicyclic) bond motifs is 1. The number of nitrogens with zero attached hydrogens (tertiary/aromatic N) is 1. The molecular formula is C24H20BrFN2O3. The van der Waals surface area contributed by atoms with Crippen LogP contribution in [-0.4, -0.2) is 29.9 Å². The molecule has 0 aromatic heterocycles. The second kappa shape index (κ2) is 8.89.